The second kappa shape index (κ2) is 6.67. The molecule has 6 nitrogen and oxygen atoms in total. The van der Waals surface area contributed by atoms with Crippen molar-refractivity contribution in [2.24, 2.45) is 0 Å². The average molecular weight is 349 g/mol. The maximum atomic E-state index is 12.4. The van der Waals surface area contributed by atoms with Gasteiger partial charge in [0, 0.05) is 30.5 Å². The van der Waals surface area contributed by atoms with E-state index in [9.17, 15) is 26.4 Å². The number of ether oxygens (including phenoxy) is 1. The van der Waals surface area contributed by atoms with Crippen LogP contribution in [0.15, 0.2) is 17.2 Å². The van der Waals surface area contributed by atoms with Crippen LogP contribution in [0.5, 0.6) is 0 Å². The van der Waals surface area contributed by atoms with E-state index in [2.05, 4.69) is 10.1 Å². The molecule has 1 aromatic rings. The molecule has 0 spiro atoms. The van der Waals surface area contributed by atoms with Crippen molar-refractivity contribution < 1.29 is 31.1 Å². The summed E-state index contributed by atoms with van der Waals surface area (Å²) in [7, 11) is 2.22. The predicted molar refractivity (Wildman–Crippen MR) is 67.7 cm³/mol. The lowest BCUT2D eigenvalue weighted by Crippen LogP contribution is -2.30. The molecule has 0 unspecified atom stereocenters. The lowest BCUT2D eigenvalue weighted by Gasteiger charge is -2.11. The first-order valence-corrected chi connectivity index (χ1v) is 7.84. The zero-order chi connectivity index (χ0) is 16.3. The molecule has 0 saturated heterocycles. The molecule has 1 amide bonds. The molecule has 0 fully saturated rings. The standard InChI is InChI=1S/C10H12ClF3N2O4S/c1-20-3-2-15-9(17)8-4-7(21(11,18)19)5-16(8)6-10(12,13)14/h4-5H,2-3,6H2,1H3,(H,15,17). The first-order valence-electron chi connectivity index (χ1n) is 5.53. The molecule has 21 heavy (non-hydrogen) atoms. The number of hydrogen-bond donors (Lipinski definition) is 1. The molecule has 1 heterocycles. The smallest absolute Gasteiger partial charge is 0.383 e. The maximum Gasteiger partial charge on any atom is 0.406 e. The monoisotopic (exact) mass is 348 g/mol. The summed E-state index contributed by atoms with van der Waals surface area (Å²) in [5.41, 5.74) is -0.456. The van der Waals surface area contributed by atoms with Crippen molar-refractivity contribution >= 4 is 25.6 Å². The molecular formula is C10H12ClF3N2O4S. The number of carbonyl (C=O) groups is 1. The Kier molecular flexibility index (Phi) is 5.65. The van der Waals surface area contributed by atoms with Crippen LogP contribution < -0.4 is 5.32 Å². The minimum absolute atomic E-state index is 0.0650. The van der Waals surface area contributed by atoms with E-state index in [1.165, 1.54) is 7.11 Å². The second-order valence-corrected chi connectivity index (χ2v) is 6.56. The number of halogens is 4. The van der Waals surface area contributed by atoms with Crippen LogP contribution in [0.25, 0.3) is 0 Å². The van der Waals surface area contributed by atoms with Crippen LogP contribution >= 0.6 is 10.7 Å². The van der Waals surface area contributed by atoms with E-state index in [4.69, 9.17) is 10.7 Å². The number of amides is 1. The maximum absolute atomic E-state index is 12.4. The van der Waals surface area contributed by atoms with Gasteiger partial charge in [0.2, 0.25) is 0 Å². The van der Waals surface area contributed by atoms with Crippen LogP contribution in [0.1, 0.15) is 10.5 Å². The van der Waals surface area contributed by atoms with Crippen LogP contribution in [0.2, 0.25) is 0 Å². The number of aromatic nitrogens is 1. The van der Waals surface area contributed by atoms with Crippen LogP contribution in [-0.4, -0.2) is 45.3 Å². The minimum atomic E-state index is -4.62. The highest BCUT2D eigenvalue weighted by molar-refractivity contribution is 8.13. The Labute approximate surface area is 123 Å². The molecule has 120 valence electrons. The van der Waals surface area contributed by atoms with Gasteiger partial charge in [-0.25, -0.2) is 8.42 Å². The largest absolute Gasteiger partial charge is 0.406 e. The van der Waals surface area contributed by atoms with Gasteiger partial charge in [-0.15, -0.1) is 0 Å². The number of nitrogens with one attached hydrogen (secondary N) is 1. The highest BCUT2D eigenvalue weighted by atomic mass is 35.7. The molecule has 1 rings (SSSR count). The van der Waals surface area contributed by atoms with Crippen molar-refractivity contribution in [3.05, 3.63) is 18.0 Å². The number of carbonyl (C=O) groups excluding carboxylic acids is 1. The van der Waals surface area contributed by atoms with Crippen molar-refractivity contribution in [1.29, 1.82) is 0 Å². The summed E-state index contributed by atoms with van der Waals surface area (Å²) in [5.74, 6) is -0.858. The molecule has 0 aliphatic heterocycles. The Morgan fingerprint density at radius 2 is 2.10 bits per heavy atom. The third kappa shape index (κ3) is 5.56. The summed E-state index contributed by atoms with van der Waals surface area (Å²) in [4.78, 5) is 11.2. The normalized spacial score (nSPS) is 12.4. The van der Waals surface area contributed by atoms with Gasteiger partial charge in [0.05, 0.1) is 6.61 Å². The molecule has 0 aliphatic carbocycles. The second-order valence-electron chi connectivity index (χ2n) is 3.99. The highest BCUT2D eigenvalue weighted by Gasteiger charge is 2.31. The average Bonchev–Trinajstić information content (AvgIpc) is 2.70. The molecule has 0 atom stereocenters. The summed E-state index contributed by atoms with van der Waals surface area (Å²) < 4.78 is 64.8. The molecule has 0 bridgehead atoms. The lowest BCUT2D eigenvalue weighted by molar-refractivity contribution is -0.140. The number of methoxy groups -OCH3 is 1. The summed E-state index contributed by atoms with van der Waals surface area (Å²) in [6, 6.07) is 0.788. The predicted octanol–water partition coefficient (Wildman–Crippen LogP) is 1.35. The quantitative estimate of drug-likeness (QED) is 0.622. The van der Waals surface area contributed by atoms with Crippen molar-refractivity contribution in [1.82, 2.24) is 9.88 Å². The fourth-order valence-corrected chi connectivity index (χ4v) is 2.25. The Bertz CT molecular complexity index is 612. The van der Waals surface area contributed by atoms with Gasteiger partial charge >= 0.3 is 6.18 Å². The van der Waals surface area contributed by atoms with E-state index in [0.29, 0.717) is 10.8 Å². The Morgan fingerprint density at radius 3 is 2.57 bits per heavy atom. The van der Waals surface area contributed by atoms with E-state index in [1.807, 2.05) is 0 Å². The van der Waals surface area contributed by atoms with Gasteiger partial charge in [0.25, 0.3) is 15.0 Å². The van der Waals surface area contributed by atoms with Crippen LogP contribution in [-0.2, 0) is 20.3 Å². The van der Waals surface area contributed by atoms with E-state index in [-0.39, 0.29) is 13.2 Å². The van der Waals surface area contributed by atoms with Crippen molar-refractivity contribution in [2.75, 3.05) is 20.3 Å². The molecule has 0 aliphatic rings. The summed E-state index contributed by atoms with van der Waals surface area (Å²) in [6.07, 6.45) is -3.95. The molecular weight excluding hydrogens is 337 g/mol. The van der Waals surface area contributed by atoms with Crippen LogP contribution in [0.4, 0.5) is 13.2 Å². The van der Waals surface area contributed by atoms with Crippen molar-refractivity contribution in [2.45, 2.75) is 17.6 Å². The topological polar surface area (TPSA) is 77.4 Å². The third-order valence-corrected chi connectivity index (χ3v) is 3.65. The minimum Gasteiger partial charge on any atom is -0.383 e. The molecule has 1 N–H and O–H groups in total. The SMILES string of the molecule is COCCNC(=O)c1cc(S(=O)(=O)Cl)cn1CC(F)(F)F. The fourth-order valence-electron chi connectivity index (χ4n) is 1.49. The van der Waals surface area contributed by atoms with Gasteiger partial charge in [0.1, 0.15) is 17.1 Å². The Morgan fingerprint density at radius 1 is 1.48 bits per heavy atom. The van der Waals surface area contributed by atoms with Crippen molar-refractivity contribution in [3.63, 3.8) is 0 Å². The fraction of sp³-hybridized carbons (Fsp3) is 0.500. The zero-order valence-corrected chi connectivity index (χ0v) is 12.3. The number of rotatable bonds is 6. The van der Waals surface area contributed by atoms with Gasteiger partial charge in [-0.1, -0.05) is 0 Å². The van der Waals surface area contributed by atoms with E-state index in [0.717, 1.165) is 6.07 Å². The van der Waals surface area contributed by atoms with Crippen LogP contribution in [0, 0.1) is 0 Å². The van der Waals surface area contributed by atoms with Crippen molar-refractivity contribution in [3.8, 4) is 0 Å². The summed E-state index contributed by atoms with van der Waals surface area (Å²) in [5, 5.41) is 2.30. The lowest BCUT2D eigenvalue weighted by atomic mass is 10.4. The van der Waals surface area contributed by atoms with Gasteiger partial charge in [-0.3, -0.25) is 4.79 Å². The van der Waals surface area contributed by atoms with Gasteiger partial charge in [-0.2, -0.15) is 13.2 Å². The molecule has 1 aromatic heterocycles. The molecule has 11 heteroatoms. The Hall–Kier alpha value is -1.26. The van der Waals surface area contributed by atoms with Crippen LogP contribution in [0.3, 0.4) is 0 Å². The van der Waals surface area contributed by atoms with Gasteiger partial charge < -0.3 is 14.6 Å². The first kappa shape index (κ1) is 17.8. The third-order valence-electron chi connectivity index (χ3n) is 2.33. The number of alkyl halides is 3. The van der Waals surface area contributed by atoms with E-state index >= 15 is 0 Å². The molecule has 0 aromatic carbocycles. The number of nitrogens with zero attached hydrogens (tertiary/aromatic N) is 1. The van der Waals surface area contributed by atoms with E-state index < -0.39 is 38.3 Å². The highest BCUT2D eigenvalue weighted by Crippen LogP contribution is 2.23. The first-order chi connectivity index (χ1) is 9.54. The van der Waals surface area contributed by atoms with Gasteiger partial charge in [-0.05, 0) is 6.07 Å². The summed E-state index contributed by atoms with van der Waals surface area (Å²) >= 11 is 0. The number of hydrogen-bond acceptors (Lipinski definition) is 4. The zero-order valence-electron chi connectivity index (χ0n) is 10.8. The Balaban J connectivity index is 3.09. The summed E-state index contributed by atoms with van der Waals surface area (Å²) in [6.45, 7) is -1.28. The molecule has 0 radical (unpaired) electrons. The molecule has 0 saturated carbocycles. The van der Waals surface area contributed by atoms with Gasteiger partial charge in [0.15, 0.2) is 0 Å². The van der Waals surface area contributed by atoms with E-state index in [1.54, 1.807) is 0 Å².